The first-order chi connectivity index (χ1) is 13.5. The van der Waals surface area contributed by atoms with Gasteiger partial charge in [0.1, 0.15) is 17.9 Å². The van der Waals surface area contributed by atoms with Crippen molar-refractivity contribution in [1.82, 2.24) is 0 Å². The van der Waals surface area contributed by atoms with Crippen LogP contribution in [0.15, 0.2) is 54.1 Å². The molecule has 0 fully saturated rings. The summed E-state index contributed by atoms with van der Waals surface area (Å²) in [6, 6.07) is 14.6. The Kier molecular flexibility index (Phi) is 7.81. The maximum atomic E-state index is 12.6. The number of methoxy groups -OCH3 is 1. The largest absolute Gasteiger partial charge is 0.496 e. The molecule has 0 radical (unpaired) electrons. The number of benzene rings is 2. The number of hydrogen-bond donors (Lipinski definition) is 0. The Morgan fingerprint density at radius 2 is 1.75 bits per heavy atom. The first-order valence-corrected chi connectivity index (χ1v) is 9.24. The summed E-state index contributed by atoms with van der Waals surface area (Å²) >= 11 is 0. The van der Waals surface area contributed by atoms with Crippen molar-refractivity contribution < 1.29 is 23.8 Å². The van der Waals surface area contributed by atoms with Gasteiger partial charge in [-0.05, 0) is 42.2 Å². The lowest BCUT2D eigenvalue weighted by Gasteiger charge is -2.12. The average Bonchev–Trinajstić information content (AvgIpc) is 2.70. The molecule has 0 saturated carbocycles. The second kappa shape index (κ2) is 10.3. The van der Waals surface area contributed by atoms with Gasteiger partial charge in [-0.15, -0.1) is 0 Å². The van der Waals surface area contributed by atoms with Crippen molar-refractivity contribution in [3.63, 3.8) is 0 Å². The van der Waals surface area contributed by atoms with Crippen LogP contribution in [-0.2, 0) is 20.9 Å². The van der Waals surface area contributed by atoms with Crippen LogP contribution in [-0.4, -0.2) is 25.7 Å². The summed E-state index contributed by atoms with van der Waals surface area (Å²) in [5, 5.41) is 0. The van der Waals surface area contributed by atoms with Gasteiger partial charge in [-0.2, -0.15) is 0 Å². The molecule has 5 nitrogen and oxygen atoms in total. The molecular weight excluding hydrogens is 356 g/mol. The summed E-state index contributed by atoms with van der Waals surface area (Å²) in [4.78, 5) is 24.8. The van der Waals surface area contributed by atoms with Crippen LogP contribution in [0.2, 0.25) is 0 Å². The lowest BCUT2D eigenvalue weighted by Crippen LogP contribution is -2.12. The molecule has 0 saturated heterocycles. The van der Waals surface area contributed by atoms with Gasteiger partial charge in [0.05, 0.1) is 13.7 Å². The Hall–Kier alpha value is -3.08. The predicted molar refractivity (Wildman–Crippen MR) is 108 cm³/mol. The third-order valence-corrected chi connectivity index (χ3v) is 4.11. The first kappa shape index (κ1) is 21.2. The minimum absolute atomic E-state index is 0.0189. The van der Waals surface area contributed by atoms with Crippen LogP contribution in [0.1, 0.15) is 42.3 Å². The summed E-state index contributed by atoms with van der Waals surface area (Å²) < 4.78 is 15.8. The highest BCUT2D eigenvalue weighted by molar-refractivity contribution is 5.96. The van der Waals surface area contributed by atoms with E-state index < -0.39 is 5.97 Å². The Morgan fingerprint density at radius 3 is 2.36 bits per heavy atom. The second-order valence-corrected chi connectivity index (χ2v) is 6.50. The molecule has 2 rings (SSSR count). The zero-order chi connectivity index (χ0) is 20.5. The summed E-state index contributed by atoms with van der Waals surface area (Å²) in [5.74, 6) is -0.452. The second-order valence-electron chi connectivity index (χ2n) is 6.50. The Balaban J connectivity index is 2.28. The van der Waals surface area contributed by atoms with E-state index in [0.717, 1.165) is 5.56 Å². The zero-order valence-corrected chi connectivity index (χ0v) is 16.7. The Bertz CT molecular complexity index is 837. The highest BCUT2D eigenvalue weighted by Crippen LogP contribution is 2.24. The van der Waals surface area contributed by atoms with Gasteiger partial charge in [0.2, 0.25) is 0 Å². The molecule has 2 aromatic rings. The standard InChI is InChI=1S/C23H26O5/c1-5-27-22(24)19(16(2)3)13-18-11-12-21(26-4)20(14-18)23(25)28-15-17-9-7-6-8-10-17/h6-14,16H,5,15H2,1-4H3/b19-13+. The predicted octanol–water partition coefficient (Wildman–Crippen LogP) is 4.65. The Labute approximate surface area is 165 Å². The number of carbonyl (C=O) groups is 2. The van der Waals surface area contributed by atoms with Crippen molar-refractivity contribution in [3.8, 4) is 5.75 Å². The summed E-state index contributed by atoms with van der Waals surface area (Å²) in [6.07, 6.45) is 1.73. The van der Waals surface area contributed by atoms with E-state index in [-0.39, 0.29) is 18.5 Å². The molecule has 2 aromatic carbocycles. The van der Waals surface area contributed by atoms with Gasteiger partial charge in [-0.1, -0.05) is 50.2 Å². The van der Waals surface area contributed by atoms with Crippen molar-refractivity contribution in [1.29, 1.82) is 0 Å². The molecule has 5 heteroatoms. The van der Waals surface area contributed by atoms with Gasteiger partial charge < -0.3 is 14.2 Å². The van der Waals surface area contributed by atoms with Crippen LogP contribution in [0.3, 0.4) is 0 Å². The van der Waals surface area contributed by atoms with E-state index in [0.29, 0.717) is 29.1 Å². The number of hydrogen-bond acceptors (Lipinski definition) is 5. The van der Waals surface area contributed by atoms with Crippen molar-refractivity contribution in [2.24, 2.45) is 5.92 Å². The molecule has 0 aromatic heterocycles. The number of carbonyl (C=O) groups excluding carboxylic acids is 2. The molecule has 148 valence electrons. The molecule has 28 heavy (non-hydrogen) atoms. The highest BCUT2D eigenvalue weighted by Gasteiger charge is 2.17. The van der Waals surface area contributed by atoms with Gasteiger partial charge >= 0.3 is 11.9 Å². The third kappa shape index (κ3) is 5.71. The lowest BCUT2D eigenvalue weighted by atomic mass is 9.99. The van der Waals surface area contributed by atoms with Crippen LogP contribution in [0.4, 0.5) is 0 Å². The van der Waals surface area contributed by atoms with Crippen LogP contribution < -0.4 is 4.74 Å². The summed E-state index contributed by atoms with van der Waals surface area (Å²) in [5.41, 5.74) is 2.44. The average molecular weight is 382 g/mol. The fourth-order valence-corrected chi connectivity index (χ4v) is 2.63. The van der Waals surface area contributed by atoms with Gasteiger partial charge in [0.15, 0.2) is 0 Å². The Morgan fingerprint density at radius 1 is 1.04 bits per heavy atom. The topological polar surface area (TPSA) is 61.8 Å². The molecule has 0 aliphatic heterocycles. The van der Waals surface area contributed by atoms with E-state index in [1.807, 2.05) is 44.2 Å². The number of rotatable bonds is 8. The van der Waals surface area contributed by atoms with Crippen molar-refractivity contribution in [2.45, 2.75) is 27.4 Å². The van der Waals surface area contributed by atoms with E-state index in [2.05, 4.69) is 0 Å². The van der Waals surface area contributed by atoms with Gasteiger partial charge in [0, 0.05) is 5.57 Å². The lowest BCUT2D eigenvalue weighted by molar-refractivity contribution is -0.138. The van der Waals surface area contributed by atoms with Crippen molar-refractivity contribution in [2.75, 3.05) is 13.7 Å². The van der Waals surface area contributed by atoms with Gasteiger partial charge in [0.25, 0.3) is 0 Å². The molecule has 0 unspecified atom stereocenters. The molecule has 0 heterocycles. The van der Waals surface area contributed by atoms with E-state index in [1.165, 1.54) is 7.11 Å². The smallest absolute Gasteiger partial charge is 0.342 e. The molecule has 0 spiro atoms. The van der Waals surface area contributed by atoms with E-state index in [4.69, 9.17) is 14.2 Å². The molecule has 0 bridgehead atoms. The quantitative estimate of drug-likeness (QED) is 0.491. The number of esters is 2. The first-order valence-electron chi connectivity index (χ1n) is 9.24. The molecule has 0 N–H and O–H groups in total. The fraction of sp³-hybridized carbons (Fsp3) is 0.304. The van der Waals surface area contributed by atoms with Crippen molar-refractivity contribution >= 4 is 18.0 Å². The van der Waals surface area contributed by atoms with Gasteiger partial charge in [-0.25, -0.2) is 9.59 Å². The van der Waals surface area contributed by atoms with Crippen LogP contribution in [0.5, 0.6) is 5.75 Å². The van der Waals surface area contributed by atoms with Gasteiger partial charge in [-0.3, -0.25) is 0 Å². The zero-order valence-electron chi connectivity index (χ0n) is 16.7. The molecule has 0 aliphatic rings. The SMILES string of the molecule is CCOC(=O)/C(=C/c1ccc(OC)c(C(=O)OCc2ccccc2)c1)C(C)C. The molecular formula is C23H26O5. The summed E-state index contributed by atoms with van der Waals surface area (Å²) in [6.45, 7) is 6.08. The maximum absolute atomic E-state index is 12.6. The fourth-order valence-electron chi connectivity index (χ4n) is 2.63. The van der Waals surface area contributed by atoms with Crippen LogP contribution >= 0.6 is 0 Å². The third-order valence-electron chi connectivity index (χ3n) is 4.11. The van der Waals surface area contributed by atoms with E-state index >= 15 is 0 Å². The number of ether oxygens (including phenoxy) is 3. The minimum Gasteiger partial charge on any atom is -0.496 e. The normalized spacial score (nSPS) is 11.2. The minimum atomic E-state index is -0.488. The molecule has 0 aliphatic carbocycles. The monoisotopic (exact) mass is 382 g/mol. The highest BCUT2D eigenvalue weighted by atomic mass is 16.5. The van der Waals surface area contributed by atoms with Crippen molar-refractivity contribution in [3.05, 3.63) is 70.8 Å². The maximum Gasteiger partial charge on any atom is 0.342 e. The molecule has 0 amide bonds. The van der Waals surface area contributed by atoms with E-state index in [1.54, 1.807) is 31.2 Å². The molecule has 0 atom stereocenters. The van der Waals surface area contributed by atoms with E-state index in [9.17, 15) is 9.59 Å². The summed E-state index contributed by atoms with van der Waals surface area (Å²) in [7, 11) is 1.50. The van der Waals surface area contributed by atoms with Crippen LogP contribution in [0, 0.1) is 5.92 Å². The van der Waals surface area contributed by atoms with Crippen LogP contribution in [0.25, 0.3) is 6.08 Å².